The molecule has 6 nitrogen and oxygen atoms in total. The SMILES string of the molecule is Cc1nc([C@@H](C)N(C)C(=O)Nc2ccc3c(C)cc(=O)oc3c2)c(C)s1. The second-order valence-electron chi connectivity index (χ2n) is 6.35. The molecule has 0 radical (unpaired) electrons. The molecule has 2 amide bonds. The van der Waals surface area contributed by atoms with E-state index in [4.69, 9.17) is 4.42 Å². The number of aromatic nitrogens is 1. The van der Waals surface area contributed by atoms with E-state index in [2.05, 4.69) is 10.3 Å². The molecule has 26 heavy (non-hydrogen) atoms. The molecule has 136 valence electrons. The number of benzene rings is 1. The molecule has 0 unspecified atom stereocenters. The lowest BCUT2D eigenvalue weighted by Gasteiger charge is -2.24. The van der Waals surface area contributed by atoms with Gasteiger partial charge in [-0.2, -0.15) is 0 Å². The predicted molar refractivity (Wildman–Crippen MR) is 104 cm³/mol. The molecule has 1 aromatic carbocycles. The van der Waals surface area contributed by atoms with Crippen molar-refractivity contribution in [1.29, 1.82) is 0 Å². The number of carbonyl (C=O) groups excluding carboxylic acids is 1. The summed E-state index contributed by atoms with van der Waals surface area (Å²) in [5, 5.41) is 4.68. The minimum atomic E-state index is -0.404. The average Bonchev–Trinajstić information content (AvgIpc) is 2.91. The highest BCUT2D eigenvalue weighted by molar-refractivity contribution is 7.11. The summed E-state index contributed by atoms with van der Waals surface area (Å²) in [6.07, 6.45) is 0. The Bertz CT molecular complexity index is 1040. The van der Waals surface area contributed by atoms with Gasteiger partial charge in [0, 0.05) is 35.1 Å². The first kappa shape index (κ1) is 18.1. The van der Waals surface area contributed by atoms with Crippen LogP contribution in [0.4, 0.5) is 10.5 Å². The summed E-state index contributed by atoms with van der Waals surface area (Å²) in [6.45, 7) is 7.77. The van der Waals surface area contributed by atoms with Gasteiger partial charge in [0.25, 0.3) is 0 Å². The molecule has 2 aromatic heterocycles. The average molecular weight is 371 g/mol. The van der Waals surface area contributed by atoms with Gasteiger partial charge in [0.1, 0.15) is 5.58 Å². The van der Waals surface area contributed by atoms with Crippen molar-refractivity contribution < 1.29 is 9.21 Å². The van der Waals surface area contributed by atoms with E-state index in [0.29, 0.717) is 11.3 Å². The van der Waals surface area contributed by atoms with E-state index in [1.165, 1.54) is 6.07 Å². The molecule has 7 heteroatoms. The predicted octanol–water partition coefficient (Wildman–Crippen LogP) is 4.40. The molecule has 0 spiro atoms. The number of hydrogen-bond donors (Lipinski definition) is 1. The first-order valence-corrected chi connectivity index (χ1v) is 9.10. The lowest BCUT2D eigenvalue weighted by molar-refractivity contribution is 0.207. The van der Waals surface area contributed by atoms with Gasteiger partial charge in [-0.1, -0.05) is 0 Å². The third-order valence-electron chi connectivity index (χ3n) is 4.44. The number of urea groups is 1. The molecule has 0 aliphatic carbocycles. The Morgan fingerprint density at radius 1 is 1.27 bits per heavy atom. The van der Waals surface area contributed by atoms with Crippen LogP contribution in [0.15, 0.2) is 33.5 Å². The van der Waals surface area contributed by atoms with Gasteiger partial charge in [-0.25, -0.2) is 14.6 Å². The normalized spacial score (nSPS) is 12.2. The number of anilines is 1. The number of fused-ring (bicyclic) bond motifs is 1. The van der Waals surface area contributed by atoms with Crippen molar-refractivity contribution in [3.05, 3.63) is 55.8 Å². The zero-order valence-electron chi connectivity index (χ0n) is 15.4. The van der Waals surface area contributed by atoms with Gasteiger partial charge >= 0.3 is 11.7 Å². The van der Waals surface area contributed by atoms with E-state index >= 15 is 0 Å². The fourth-order valence-corrected chi connectivity index (χ4v) is 3.81. The summed E-state index contributed by atoms with van der Waals surface area (Å²) in [5.74, 6) is 0. The Labute approximate surface area is 155 Å². The van der Waals surface area contributed by atoms with Crippen molar-refractivity contribution in [1.82, 2.24) is 9.88 Å². The van der Waals surface area contributed by atoms with Gasteiger partial charge in [0.2, 0.25) is 0 Å². The smallest absolute Gasteiger partial charge is 0.336 e. The molecule has 0 aliphatic rings. The summed E-state index contributed by atoms with van der Waals surface area (Å²) in [4.78, 5) is 31.4. The van der Waals surface area contributed by atoms with Crippen molar-refractivity contribution in [2.24, 2.45) is 0 Å². The number of nitrogens with one attached hydrogen (secondary N) is 1. The molecule has 3 aromatic rings. The first-order chi connectivity index (χ1) is 12.3. The van der Waals surface area contributed by atoms with Crippen LogP contribution < -0.4 is 10.9 Å². The first-order valence-electron chi connectivity index (χ1n) is 8.28. The van der Waals surface area contributed by atoms with E-state index in [1.807, 2.05) is 33.8 Å². The summed E-state index contributed by atoms with van der Waals surface area (Å²) in [6, 6.07) is 6.34. The zero-order valence-corrected chi connectivity index (χ0v) is 16.2. The van der Waals surface area contributed by atoms with Crippen molar-refractivity contribution in [2.45, 2.75) is 33.7 Å². The monoisotopic (exact) mass is 371 g/mol. The van der Waals surface area contributed by atoms with E-state index in [0.717, 1.165) is 26.5 Å². The molecule has 2 heterocycles. The van der Waals surface area contributed by atoms with Crippen LogP contribution in [0, 0.1) is 20.8 Å². The van der Waals surface area contributed by atoms with Crippen molar-refractivity contribution in [3.63, 3.8) is 0 Å². The third-order valence-corrected chi connectivity index (χ3v) is 5.34. The standard InChI is InChI=1S/C19H21N3O3S/c1-10-8-17(23)25-16-9-14(6-7-15(10)16)21-19(24)22(5)11(2)18-12(3)26-13(4)20-18/h6-9,11H,1-5H3,(H,21,24)/t11-/m1/s1. The molecule has 3 rings (SSSR count). The Morgan fingerprint density at radius 2 is 2.00 bits per heavy atom. The number of rotatable bonds is 3. The quantitative estimate of drug-likeness (QED) is 0.693. The number of nitrogens with zero attached hydrogens (tertiary/aromatic N) is 2. The Hall–Kier alpha value is -2.67. The highest BCUT2D eigenvalue weighted by atomic mass is 32.1. The summed E-state index contributed by atoms with van der Waals surface area (Å²) in [5.41, 5.74) is 2.37. The van der Waals surface area contributed by atoms with Crippen LogP contribution in [0.5, 0.6) is 0 Å². The topological polar surface area (TPSA) is 75.4 Å². The molecular formula is C19H21N3O3S. The number of carbonyl (C=O) groups is 1. The van der Waals surface area contributed by atoms with Crippen LogP contribution in [0.3, 0.4) is 0 Å². The fraction of sp³-hybridized carbons (Fsp3) is 0.316. The van der Waals surface area contributed by atoms with E-state index in [-0.39, 0.29) is 12.1 Å². The number of thiazole rings is 1. The van der Waals surface area contributed by atoms with Crippen LogP contribution >= 0.6 is 11.3 Å². The maximum absolute atomic E-state index is 12.6. The lowest BCUT2D eigenvalue weighted by atomic mass is 10.1. The second kappa shape index (κ2) is 6.92. The molecule has 0 saturated heterocycles. The van der Waals surface area contributed by atoms with Gasteiger partial charge < -0.3 is 14.6 Å². The lowest BCUT2D eigenvalue weighted by Crippen LogP contribution is -2.34. The van der Waals surface area contributed by atoms with Crippen LogP contribution in [-0.2, 0) is 0 Å². The maximum atomic E-state index is 12.6. The maximum Gasteiger partial charge on any atom is 0.336 e. The molecule has 1 atom stereocenters. The molecule has 1 N–H and O–H groups in total. The van der Waals surface area contributed by atoms with E-state index < -0.39 is 5.63 Å². The second-order valence-corrected chi connectivity index (χ2v) is 7.76. The van der Waals surface area contributed by atoms with Crippen LogP contribution in [0.1, 0.15) is 34.1 Å². The largest absolute Gasteiger partial charge is 0.423 e. The minimum Gasteiger partial charge on any atom is -0.423 e. The third kappa shape index (κ3) is 3.48. The Kier molecular flexibility index (Phi) is 4.82. The van der Waals surface area contributed by atoms with Crippen LogP contribution in [0.2, 0.25) is 0 Å². The Morgan fingerprint density at radius 3 is 2.65 bits per heavy atom. The number of amides is 2. The minimum absolute atomic E-state index is 0.152. The molecule has 0 saturated carbocycles. The summed E-state index contributed by atoms with van der Waals surface area (Å²) < 4.78 is 5.23. The van der Waals surface area contributed by atoms with Gasteiger partial charge in [-0.3, -0.25) is 0 Å². The van der Waals surface area contributed by atoms with Crippen LogP contribution in [-0.4, -0.2) is 23.0 Å². The molecule has 0 aliphatic heterocycles. The molecule has 0 bridgehead atoms. The van der Waals surface area contributed by atoms with Crippen LogP contribution in [0.25, 0.3) is 11.0 Å². The van der Waals surface area contributed by atoms with E-state index in [9.17, 15) is 9.59 Å². The van der Waals surface area contributed by atoms with Crippen molar-refractivity contribution >= 4 is 34.0 Å². The van der Waals surface area contributed by atoms with E-state index in [1.54, 1.807) is 35.4 Å². The highest BCUT2D eigenvalue weighted by Gasteiger charge is 2.22. The van der Waals surface area contributed by atoms with Gasteiger partial charge in [-0.15, -0.1) is 11.3 Å². The van der Waals surface area contributed by atoms with Gasteiger partial charge in [0.15, 0.2) is 0 Å². The zero-order chi connectivity index (χ0) is 19.0. The van der Waals surface area contributed by atoms with Crippen molar-refractivity contribution in [2.75, 3.05) is 12.4 Å². The number of hydrogen-bond acceptors (Lipinski definition) is 5. The van der Waals surface area contributed by atoms with Crippen molar-refractivity contribution in [3.8, 4) is 0 Å². The molecule has 0 fully saturated rings. The summed E-state index contributed by atoms with van der Waals surface area (Å²) in [7, 11) is 1.74. The Balaban J connectivity index is 1.81. The fourth-order valence-electron chi connectivity index (χ4n) is 2.91. The van der Waals surface area contributed by atoms with Gasteiger partial charge in [-0.05, 0) is 45.4 Å². The molecular weight excluding hydrogens is 350 g/mol. The van der Waals surface area contributed by atoms with Gasteiger partial charge in [0.05, 0.1) is 16.7 Å². The summed E-state index contributed by atoms with van der Waals surface area (Å²) >= 11 is 1.62. The highest BCUT2D eigenvalue weighted by Crippen LogP contribution is 2.27. The number of aryl methyl sites for hydroxylation is 3.